The van der Waals surface area contributed by atoms with Crippen molar-refractivity contribution in [3.8, 4) is 0 Å². The normalized spacial score (nSPS) is 16.5. The predicted octanol–water partition coefficient (Wildman–Crippen LogP) is 2.48. The van der Waals surface area contributed by atoms with Crippen molar-refractivity contribution in [2.24, 2.45) is 0 Å². The molecule has 0 spiro atoms. The molecule has 9 heteroatoms. The Labute approximate surface area is 188 Å². The fraction of sp³-hybridized carbons (Fsp3) is 0.478. The van der Waals surface area contributed by atoms with Crippen LogP contribution in [0.15, 0.2) is 30.3 Å². The molecule has 0 bridgehead atoms. The Bertz CT molecular complexity index is 950. The zero-order valence-electron chi connectivity index (χ0n) is 19.1. The van der Waals surface area contributed by atoms with Gasteiger partial charge in [0.1, 0.15) is 17.5 Å². The van der Waals surface area contributed by atoms with E-state index < -0.39 is 0 Å². The molecule has 1 aromatic carbocycles. The number of likely N-dealkylation sites (tertiary alicyclic amines) is 1. The van der Waals surface area contributed by atoms with Crippen molar-refractivity contribution in [2.45, 2.75) is 32.2 Å². The van der Waals surface area contributed by atoms with E-state index in [-0.39, 0.29) is 30.1 Å². The molecule has 1 aliphatic heterocycles. The SMILES string of the molecule is CC(=O)N(C)Cc1cc(N(C)C)nc([C@H]2CCCN(CC(=O)Nc3ccc(F)cc3)C2)n1. The van der Waals surface area contributed by atoms with E-state index >= 15 is 0 Å². The molecule has 1 saturated heterocycles. The lowest BCUT2D eigenvalue weighted by Gasteiger charge is -2.32. The van der Waals surface area contributed by atoms with E-state index in [4.69, 9.17) is 9.97 Å². The second-order valence-electron chi connectivity index (χ2n) is 8.47. The summed E-state index contributed by atoms with van der Waals surface area (Å²) in [6, 6.07) is 7.64. The Morgan fingerprint density at radius 1 is 1.19 bits per heavy atom. The lowest BCUT2D eigenvalue weighted by atomic mass is 9.97. The summed E-state index contributed by atoms with van der Waals surface area (Å²) < 4.78 is 13.1. The summed E-state index contributed by atoms with van der Waals surface area (Å²) in [5, 5.41) is 2.81. The molecule has 1 atom stereocenters. The van der Waals surface area contributed by atoms with Gasteiger partial charge in [0, 0.05) is 52.3 Å². The van der Waals surface area contributed by atoms with Crippen LogP contribution < -0.4 is 10.2 Å². The number of carbonyl (C=O) groups is 2. The summed E-state index contributed by atoms with van der Waals surface area (Å²) in [7, 11) is 5.61. The van der Waals surface area contributed by atoms with Gasteiger partial charge in [0.15, 0.2) is 0 Å². The minimum Gasteiger partial charge on any atom is -0.363 e. The maximum Gasteiger partial charge on any atom is 0.238 e. The number of anilines is 2. The highest BCUT2D eigenvalue weighted by molar-refractivity contribution is 5.92. The van der Waals surface area contributed by atoms with Crippen molar-refractivity contribution in [1.82, 2.24) is 19.8 Å². The summed E-state index contributed by atoms with van der Waals surface area (Å²) in [6.45, 7) is 3.70. The molecule has 1 N–H and O–H groups in total. The first kappa shape index (κ1) is 23.6. The molecule has 0 saturated carbocycles. The Hall–Kier alpha value is -3.07. The number of halogens is 1. The van der Waals surface area contributed by atoms with Crippen LogP contribution in [-0.4, -0.2) is 72.4 Å². The van der Waals surface area contributed by atoms with E-state index in [0.29, 0.717) is 18.8 Å². The minimum absolute atomic E-state index is 0.0208. The van der Waals surface area contributed by atoms with Crippen molar-refractivity contribution in [3.63, 3.8) is 0 Å². The molecule has 8 nitrogen and oxygen atoms in total. The van der Waals surface area contributed by atoms with Crippen LogP contribution in [0.3, 0.4) is 0 Å². The number of nitrogens with one attached hydrogen (secondary N) is 1. The molecular formula is C23H31FN6O2. The lowest BCUT2D eigenvalue weighted by Crippen LogP contribution is -2.40. The summed E-state index contributed by atoms with van der Waals surface area (Å²) in [5.41, 5.74) is 1.37. The molecule has 2 aromatic rings. The third kappa shape index (κ3) is 6.46. The van der Waals surface area contributed by atoms with E-state index in [9.17, 15) is 14.0 Å². The average molecular weight is 443 g/mol. The van der Waals surface area contributed by atoms with Gasteiger partial charge in [-0.3, -0.25) is 14.5 Å². The zero-order chi connectivity index (χ0) is 23.3. The first-order chi connectivity index (χ1) is 15.2. The molecule has 3 rings (SSSR count). The van der Waals surface area contributed by atoms with E-state index in [2.05, 4.69) is 10.2 Å². The fourth-order valence-corrected chi connectivity index (χ4v) is 3.70. The fourth-order valence-electron chi connectivity index (χ4n) is 3.70. The van der Waals surface area contributed by atoms with Crippen molar-refractivity contribution in [1.29, 1.82) is 0 Å². The van der Waals surface area contributed by atoms with Gasteiger partial charge in [-0.1, -0.05) is 0 Å². The van der Waals surface area contributed by atoms with Crippen LogP contribution in [0.4, 0.5) is 15.9 Å². The molecule has 2 amide bonds. The highest BCUT2D eigenvalue weighted by Crippen LogP contribution is 2.26. The van der Waals surface area contributed by atoms with Gasteiger partial charge < -0.3 is 15.1 Å². The van der Waals surface area contributed by atoms with Gasteiger partial charge in [0.2, 0.25) is 11.8 Å². The highest BCUT2D eigenvalue weighted by atomic mass is 19.1. The van der Waals surface area contributed by atoms with E-state index in [0.717, 1.165) is 36.7 Å². The van der Waals surface area contributed by atoms with Crippen molar-refractivity contribution >= 4 is 23.3 Å². The standard InChI is InChI=1S/C23H31FN6O2/c1-16(31)29(4)14-20-12-21(28(2)3)27-23(26-20)17-6-5-11-30(13-17)15-22(32)25-19-9-7-18(24)8-10-19/h7-10,12,17H,5-6,11,13-15H2,1-4H3,(H,25,32)/t17-/m0/s1. The van der Waals surface area contributed by atoms with Gasteiger partial charge in [-0.05, 0) is 43.7 Å². The Morgan fingerprint density at radius 3 is 2.56 bits per heavy atom. The number of rotatable bonds is 7. The van der Waals surface area contributed by atoms with Crippen molar-refractivity contribution in [3.05, 3.63) is 47.7 Å². The average Bonchev–Trinajstić information content (AvgIpc) is 2.75. The second kappa shape index (κ2) is 10.5. The summed E-state index contributed by atoms with van der Waals surface area (Å²) in [5.74, 6) is 1.15. The number of hydrogen-bond donors (Lipinski definition) is 1. The highest BCUT2D eigenvalue weighted by Gasteiger charge is 2.26. The molecule has 172 valence electrons. The van der Waals surface area contributed by atoms with Crippen LogP contribution in [-0.2, 0) is 16.1 Å². The molecule has 0 aliphatic carbocycles. The quantitative estimate of drug-likeness (QED) is 0.710. The zero-order valence-corrected chi connectivity index (χ0v) is 19.1. The van der Waals surface area contributed by atoms with Gasteiger partial charge in [-0.25, -0.2) is 14.4 Å². The van der Waals surface area contributed by atoms with Gasteiger partial charge in [-0.15, -0.1) is 0 Å². The number of benzene rings is 1. The number of amides is 2. The van der Waals surface area contributed by atoms with Crippen LogP contribution in [0.2, 0.25) is 0 Å². The lowest BCUT2D eigenvalue weighted by molar-refractivity contribution is -0.128. The Morgan fingerprint density at radius 2 is 1.91 bits per heavy atom. The maximum absolute atomic E-state index is 13.1. The molecule has 1 fully saturated rings. The summed E-state index contributed by atoms with van der Waals surface area (Å²) in [6.07, 6.45) is 1.88. The van der Waals surface area contributed by atoms with Crippen LogP contribution in [0.1, 0.15) is 37.2 Å². The molecule has 32 heavy (non-hydrogen) atoms. The van der Waals surface area contributed by atoms with Gasteiger partial charge >= 0.3 is 0 Å². The number of hydrogen-bond acceptors (Lipinski definition) is 6. The molecule has 1 aromatic heterocycles. The minimum atomic E-state index is -0.337. The summed E-state index contributed by atoms with van der Waals surface area (Å²) in [4.78, 5) is 39.3. The third-order valence-corrected chi connectivity index (χ3v) is 5.54. The largest absolute Gasteiger partial charge is 0.363 e. The van der Waals surface area contributed by atoms with Crippen LogP contribution in [0.5, 0.6) is 0 Å². The third-order valence-electron chi connectivity index (χ3n) is 5.54. The van der Waals surface area contributed by atoms with E-state index in [1.807, 2.05) is 25.1 Å². The number of carbonyl (C=O) groups excluding carboxylic acids is 2. The Balaban J connectivity index is 1.69. The van der Waals surface area contributed by atoms with E-state index in [1.54, 1.807) is 24.1 Å². The van der Waals surface area contributed by atoms with Crippen molar-refractivity contribution < 1.29 is 14.0 Å². The second-order valence-corrected chi connectivity index (χ2v) is 8.47. The number of aromatic nitrogens is 2. The van der Waals surface area contributed by atoms with Gasteiger partial charge in [-0.2, -0.15) is 0 Å². The van der Waals surface area contributed by atoms with Crippen LogP contribution in [0.25, 0.3) is 0 Å². The summed E-state index contributed by atoms with van der Waals surface area (Å²) >= 11 is 0. The molecular weight excluding hydrogens is 411 g/mol. The predicted molar refractivity (Wildman–Crippen MR) is 122 cm³/mol. The van der Waals surface area contributed by atoms with E-state index in [1.165, 1.54) is 19.1 Å². The maximum atomic E-state index is 13.1. The van der Waals surface area contributed by atoms with Gasteiger partial charge in [0.05, 0.1) is 18.8 Å². The first-order valence-corrected chi connectivity index (χ1v) is 10.8. The van der Waals surface area contributed by atoms with Gasteiger partial charge in [0.25, 0.3) is 0 Å². The molecule has 0 unspecified atom stereocenters. The van der Waals surface area contributed by atoms with Crippen LogP contribution >= 0.6 is 0 Å². The first-order valence-electron chi connectivity index (χ1n) is 10.8. The monoisotopic (exact) mass is 442 g/mol. The molecule has 2 heterocycles. The topological polar surface area (TPSA) is 81.7 Å². The molecule has 1 aliphatic rings. The number of nitrogens with zero attached hydrogens (tertiary/aromatic N) is 5. The van der Waals surface area contributed by atoms with Crippen molar-refractivity contribution in [2.75, 3.05) is 51.0 Å². The number of piperidine rings is 1. The Kier molecular flexibility index (Phi) is 7.74. The van der Waals surface area contributed by atoms with Crippen LogP contribution in [0, 0.1) is 5.82 Å². The molecule has 0 radical (unpaired) electrons. The smallest absolute Gasteiger partial charge is 0.238 e.